The van der Waals surface area contributed by atoms with Crippen molar-refractivity contribution in [1.29, 1.82) is 0 Å². The maximum Gasteiger partial charge on any atom is 0.0684 e. The third-order valence-electron chi connectivity index (χ3n) is 2.88. The summed E-state index contributed by atoms with van der Waals surface area (Å²) in [5.74, 6) is 0. The van der Waals surface area contributed by atoms with E-state index in [1.807, 2.05) is 6.07 Å². The summed E-state index contributed by atoms with van der Waals surface area (Å²) in [6, 6.07) is 6.20. The van der Waals surface area contributed by atoms with Crippen LogP contribution in [0.5, 0.6) is 0 Å². The molecule has 0 fully saturated rings. The molecule has 0 bridgehead atoms. The first-order chi connectivity index (χ1) is 6.67. The molecule has 0 aromatic heterocycles. The summed E-state index contributed by atoms with van der Waals surface area (Å²) in [6.45, 7) is 0.594. The number of nitrogens with two attached hydrogens (primary N) is 1. The molecular weight excluding hydrogens is 242 g/mol. The topological polar surface area (TPSA) is 35.2 Å². The Kier molecular flexibility index (Phi) is 2.64. The molecule has 0 aliphatic heterocycles. The fourth-order valence-corrected chi connectivity index (χ4v) is 2.73. The van der Waals surface area contributed by atoms with Gasteiger partial charge in [0, 0.05) is 11.6 Å². The lowest BCUT2D eigenvalue weighted by atomic mass is 9.94. The van der Waals surface area contributed by atoms with E-state index in [1.165, 1.54) is 15.6 Å². The van der Waals surface area contributed by atoms with E-state index >= 15 is 0 Å². The Labute approximate surface area is 92.6 Å². The van der Waals surface area contributed by atoms with Crippen molar-refractivity contribution in [2.45, 2.75) is 18.4 Å². The van der Waals surface area contributed by atoms with Gasteiger partial charge in [-0.15, -0.1) is 0 Å². The minimum absolute atomic E-state index is 0.284. The van der Waals surface area contributed by atoms with Crippen LogP contribution in [0.1, 0.15) is 17.5 Å². The van der Waals surface area contributed by atoms with Gasteiger partial charge in [0.25, 0.3) is 0 Å². The molecule has 2 nitrogen and oxygen atoms in total. The molecular formula is C11H14BrNO. The van der Waals surface area contributed by atoms with E-state index in [-0.39, 0.29) is 5.54 Å². The monoisotopic (exact) mass is 255 g/mol. The zero-order valence-corrected chi connectivity index (χ0v) is 9.80. The first-order valence-corrected chi connectivity index (χ1v) is 5.52. The summed E-state index contributed by atoms with van der Waals surface area (Å²) in [5.41, 5.74) is 8.59. The zero-order chi connectivity index (χ0) is 10.2. The molecule has 14 heavy (non-hydrogen) atoms. The van der Waals surface area contributed by atoms with Gasteiger partial charge in [0.2, 0.25) is 0 Å². The van der Waals surface area contributed by atoms with E-state index in [2.05, 4.69) is 28.1 Å². The van der Waals surface area contributed by atoms with Gasteiger partial charge >= 0.3 is 0 Å². The van der Waals surface area contributed by atoms with E-state index < -0.39 is 0 Å². The molecule has 3 heteroatoms. The van der Waals surface area contributed by atoms with Crippen molar-refractivity contribution >= 4 is 15.9 Å². The number of fused-ring (bicyclic) bond motifs is 1. The van der Waals surface area contributed by atoms with Crippen molar-refractivity contribution in [2.24, 2.45) is 5.73 Å². The van der Waals surface area contributed by atoms with Crippen LogP contribution >= 0.6 is 15.9 Å². The van der Waals surface area contributed by atoms with Crippen LogP contribution in [0.3, 0.4) is 0 Å². The minimum Gasteiger partial charge on any atom is -0.382 e. The largest absolute Gasteiger partial charge is 0.382 e. The average Bonchev–Trinajstić information content (AvgIpc) is 2.47. The first kappa shape index (κ1) is 10.1. The van der Waals surface area contributed by atoms with E-state index in [9.17, 15) is 0 Å². The molecule has 0 heterocycles. The van der Waals surface area contributed by atoms with Crippen LogP contribution in [0.25, 0.3) is 0 Å². The second kappa shape index (κ2) is 3.65. The van der Waals surface area contributed by atoms with Gasteiger partial charge in [0.15, 0.2) is 0 Å². The summed E-state index contributed by atoms with van der Waals surface area (Å²) in [7, 11) is 1.70. The van der Waals surface area contributed by atoms with Crippen LogP contribution < -0.4 is 5.73 Å². The summed E-state index contributed by atoms with van der Waals surface area (Å²) < 4.78 is 6.35. The maximum absolute atomic E-state index is 6.30. The molecule has 0 amide bonds. The summed E-state index contributed by atoms with van der Waals surface area (Å²) >= 11 is 3.55. The number of hydrogen-bond acceptors (Lipinski definition) is 2. The molecule has 0 radical (unpaired) electrons. The quantitative estimate of drug-likeness (QED) is 0.880. The van der Waals surface area contributed by atoms with Crippen LogP contribution in [-0.4, -0.2) is 13.7 Å². The molecule has 1 aromatic carbocycles. The van der Waals surface area contributed by atoms with Crippen LogP contribution in [0.4, 0.5) is 0 Å². The number of halogens is 1. The SMILES string of the molecule is COCC1(N)CCc2c(Br)cccc21. The van der Waals surface area contributed by atoms with Gasteiger partial charge in [-0.2, -0.15) is 0 Å². The van der Waals surface area contributed by atoms with Crippen molar-refractivity contribution in [1.82, 2.24) is 0 Å². The molecule has 1 aliphatic rings. The Morgan fingerprint density at radius 3 is 3.07 bits per heavy atom. The molecule has 1 unspecified atom stereocenters. The van der Waals surface area contributed by atoms with Crippen molar-refractivity contribution < 1.29 is 4.74 Å². The van der Waals surface area contributed by atoms with Gasteiger partial charge in [-0.25, -0.2) is 0 Å². The summed E-state index contributed by atoms with van der Waals surface area (Å²) in [6.07, 6.45) is 2.01. The molecule has 0 saturated carbocycles. The van der Waals surface area contributed by atoms with E-state index in [0.717, 1.165) is 12.8 Å². The van der Waals surface area contributed by atoms with Gasteiger partial charge in [-0.1, -0.05) is 28.1 Å². The predicted octanol–water partition coefficient (Wildman–Crippen LogP) is 2.20. The average molecular weight is 256 g/mol. The number of methoxy groups -OCH3 is 1. The molecule has 0 saturated heterocycles. The van der Waals surface area contributed by atoms with Crippen LogP contribution in [0, 0.1) is 0 Å². The van der Waals surface area contributed by atoms with Crippen molar-refractivity contribution in [3.05, 3.63) is 33.8 Å². The highest BCUT2D eigenvalue weighted by Crippen LogP contribution is 2.38. The van der Waals surface area contributed by atoms with E-state index in [0.29, 0.717) is 6.61 Å². The minimum atomic E-state index is -0.284. The lowest BCUT2D eigenvalue weighted by molar-refractivity contribution is 0.132. The van der Waals surface area contributed by atoms with Crippen LogP contribution in [-0.2, 0) is 16.7 Å². The molecule has 1 aliphatic carbocycles. The molecule has 2 rings (SSSR count). The summed E-state index contributed by atoms with van der Waals surface area (Å²) in [4.78, 5) is 0. The number of hydrogen-bond donors (Lipinski definition) is 1. The predicted molar refractivity (Wildman–Crippen MR) is 60.2 cm³/mol. The van der Waals surface area contributed by atoms with Crippen molar-refractivity contribution in [3.63, 3.8) is 0 Å². The second-order valence-electron chi connectivity index (χ2n) is 3.86. The maximum atomic E-state index is 6.30. The third-order valence-corrected chi connectivity index (χ3v) is 3.62. The Hall–Kier alpha value is -0.380. The van der Waals surface area contributed by atoms with Gasteiger partial charge < -0.3 is 10.5 Å². The fraction of sp³-hybridized carbons (Fsp3) is 0.455. The van der Waals surface area contributed by atoms with Gasteiger partial charge in [0.05, 0.1) is 12.1 Å². The van der Waals surface area contributed by atoms with Crippen LogP contribution in [0.15, 0.2) is 22.7 Å². The van der Waals surface area contributed by atoms with E-state index in [4.69, 9.17) is 10.5 Å². The van der Waals surface area contributed by atoms with Gasteiger partial charge in [-0.05, 0) is 30.0 Å². The fourth-order valence-electron chi connectivity index (χ4n) is 2.17. The van der Waals surface area contributed by atoms with Gasteiger partial charge in [-0.3, -0.25) is 0 Å². The molecule has 0 spiro atoms. The number of benzene rings is 1. The number of ether oxygens (including phenoxy) is 1. The Morgan fingerprint density at radius 1 is 1.57 bits per heavy atom. The lowest BCUT2D eigenvalue weighted by Gasteiger charge is -2.24. The molecule has 1 aromatic rings. The smallest absolute Gasteiger partial charge is 0.0684 e. The summed E-state index contributed by atoms with van der Waals surface area (Å²) in [5, 5.41) is 0. The Balaban J connectivity index is 2.44. The highest BCUT2D eigenvalue weighted by Gasteiger charge is 2.35. The van der Waals surface area contributed by atoms with Crippen molar-refractivity contribution in [3.8, 4) is 0 Å². The van der Waals surface area contributed by atoms with Crippen LogP contribution in [0.2, 0.25) is 0 Å². The first-order valence-electron chi connectivity index (χ1n) is 4.73. The van der Waals surface area contributed by atoms with E-state index in [1.54, 1.807) is 7.11 Å². The lowest BCUT2D eigenvalue weighted by Crippen LogP contribution is -2.38. The standard InChI is InChI=1S/C11H14BrNO/c1-14-7-11(13)6-5-8-9(11)3-2-4-10(8)12/h2-4H,5-7,13H2,1H3. The molecule has 2 N–H and O–H groups in total. The second-order valence-corrected chi connectivity index (χ2v) is 4.71. The normalized spacial score (nSPS) is 25.1. The number of rotatable bonds is 2. The molecule has 1 atom stereocenters. The molecule has 76 valence electrons. The Morgan fingerprint density at radius 2 is 2.36 bits per heavy atom. The highest BCUT2D eigenvalue weighted by molar-refractivity contribution is 9.10. The van der Waals surface area contributed by atoms with Crippen molar-refractivity contribution in [2.75, 3.05) is 13.7 Å². The van der Waals surface area contributed by atoms with Gasteiger partial charge in [0.1, 0.15) is 0 Å². The Bertz CT molecular complexity index is 353. The third kappa shape index (κ3) is 1.49. The zero-order valence-electron chi connectivity index (χ0n) is 8.22. The highest BCUT2D eigenvalue weighted by atomic mass is 79.9.